The molecule has 11 heavy (non-hydrogen) atoms. The quantitative estimate of drug-likeness (QED) is 0.668. The van der Waals surface area contributed by atoms with Gasteiger partial charge in [-0.3, -0.25) is 9.89 Å². The van der Waals surface area contributed by atoms with Crippen LogP contribution in [0.2, 0.25) is 0 Å². The Morgan fingerprint density at radius 3 is 3.09 bits per heavy atom. The first-order valence-electron chi connectivity index (χ1n) is 2.86. The zero-order valence-electron chi connectivity index (χ0n) is 5.26. The van der Waals surface area contributed by atoms with Crippen molar-refractivity contribution in [3.63, 3.8) is 0 Å². The van der Waals surface area contributed by atoms with Crippen LogP contribution in [0.5, 0.6) is 0 Å². The summed E-state index contributed by atoms with van der Waals surface area (Å²) in [7, 11) is 0. The van der Waals surface area contributed by atoms with Gasteiger partial charge in [0.25, 0.3) is 5.56 Å². The standard InChI is InChI=1S/C5H3IN4O/c6-3-2-4(10-9-3)7-1-8-5(2)11/h1H,(H2,7,8,9,10,11). The highest BCUT2D eigenvalue weighted by molar-refractivity contribution is 14.1. The number of rotatable bonds is 0. The molecule has 0 aliphatic carbocycles. The van der Waals surface area contributed by atoms with E-state index in [4.69, 9.17) is 0 Å². The van der Waals surface area contributed by atoms with E-state index in [0.29, 0.717) is 14.7 Å². The van der Waals surface area contributed by atoms with E-state index in [1.165, 1.54) is 6.33 Å². The highest BCUT2D eigenvalue weighted by atomic mass is 127. The fourth-order valence-electron chi connectivity index (χ4n) is 0.831. The molecule has 2 heterocycles. The molecule has 0 saturated heterocycles. The molecule has 56 valence electrons. The third-order valence-corrected chi connectivity index (χ3v) is 2.09. The van der Waals surface area contributed by atoms with Crippen LogP contribution in [0.15, 0.2) is 11.1 Å². The van der Waals surface area contributed by atoms with Gasteiger partial charge in [-0.05, 0) is 22.6 Å². The predicted octanol–water partition coefficient (Wildman–Crippen LogP) is 0.251. The molecule has 6 heteroatoms. The fourth-order valence-corrected chi connectivity index (χ4v) is 1.44. The third-order valence-electron chi connectivity index (χ3n) is 1.31. The van der Waals surface area contributed by atoms with E-state index in [0.717, 1.165) is 0 Å². The molecule has 0 atom stereocenters. The number of hydrogen-bond acceptors (Lipinski definition) is 3. The van der Waals surface area contributed by atoms with Crippen molar-refractivity contribution in [3.8, 4) is 0 Å². The number of fused-ring (bicyclic) bond motifs is 1. The topological polar surface area (TPSA) is 74.4 Å². The maximum atomic E-state index is 11.1. The van der Waals surface area contributed by atoms with Crippen molar-refractivity contribution in [1.82, 2.24) is 20.2 Å². The first-order chi connectivity index (χ1) is 5.29. The minimum Gasteiger partial charge on any atom is -0.312 e. The van der Waals surface area contributed by atoms with Crippen LogP contribution in [0.3, 0.4) is 0 Å². The van der Waals surface area contributed by atoms with E-state index in [-0.39, 0.29) is 5.56 Å². The van der Waals surface area contributed by atoms with E-state index in [1.807, 2.05) is 22.6 Å². The maximum Gasteiger partial charge on any atom is 0.262 e. The van der Waals surface area contributed by atoms with Crippen LogP contribution in [0.1, 0.15) is 0 Å². The van der Waals surface area contributed by atoms with Crippen molar-refractivity contribution in [2.75, 3.05) is 0 Å². The van der Waals surface area contributed by atoms with Gasteiger partial charge in [-0.1, -0.05) is 0 Å². The van der Waals surface area contributed by atoms with Gasteiger partial charge < -0.3 is 4.98 Å². The van der Waals surface area contributed by atoms with Crippen molar-refractivity contribution in [1.29, 1.82) is 0 Å². The molecule has 0 unspecified atom stereocenters. The lowest BCUT2D eigenvalue weighted by atomic mass is 10.4. The summed E-state index contributed by atoms with van der Waals surface area (Å²) in [6.45, 7) is 0. The molecule has 0 fully saturated rings. The molecule has 0 aliphatic rings. The van der Waals surface area contributed by atoms with Crippen LogP contribution in [-0.4, -0.2) is 20.2 Å². The van der Waals surface area contributed by atoms with Gasteiger partial charge >= 0.3 is 0 Å². The van der Waals surface area contributed by atoms with Gasteiger partial charge in [-0.25, -0.2) is 4.98 Å². The van der Waals surface area contributed by atoms with Crippen LogP contribution in [0, 0.1) is 3.70 Å². The van der Waals surface area contributed by atoms with Gasteiger partial charge in [0.05, 0.1) is 6.33 Å². The Morgan fingerprint density at radius 1 is 1.55 bits per heavy atom. The molecule has 5 nitrogen and oxygen atoms in total. The molecule has 0 aromatic carbocycles. The van der Waals surface area contributed by atoms with E-state index < -0.39 is 0 Å². The minimum absolute atomic E-state index is 0.159. The highest BCUT2D eigenvalue weighted by Gasteiger charge is 2.05. The molecule has 0 bridgehead atoms. The summed E-state index contributed by atoms with van der Waals surface area (Å²) in [5.74, 6) is 0. The van der Waals surface area contributed by atoms with Crippen LogP contribution in [0.4, 0.5) is 0 Å². The summed E-state index contributed by atoms with van der Waals surface area (Å²) in [4.78, 5) is 17.4. The summed E-state index contributed by atoms with van der Waals surface area (Å²) in [6.07, 6.45) is 1.33. The Labute approximate surface area is 74.4 Å². The smallest absolute Gasteiger partial charge is 0.262 e. The number of hydrogen-bond donors (Lipinski definition) is 2. The van der Waals surface area contributed by atoms with Crippen LogP contribution >= 0.6 is 22.6 Å². The summed E-state index contributed by atoms with van der Waals surface area (Å²) >= 11 is 2.00. The molecule has 0 aliphatic heterocycles. The zero-order valence-corrected chi connectivity index (χ0v) is 7.42. The molecule has 0 saturated carbocycles. The normalized spacial score (nSPS) is 10.6. The third kappa shape index (κ3) is 0.934. The van der Waals surface area contributed by atoms with Crippen molar-refractivity contribution in [2.45, 2.75) is 0 Å². The van der Waals surface area contributed by atoms with Gasteiger partial charge in [0.2, 0.25) is 0 Å². The van der Waals surface area contributed by atoms with Gasteiger partial charge in [0.15, 0.2) is 5.65 Å². The van der Waals surface area contributed by atoms with Gasteiger partial charge in [-0.15, -0.1) is 0 Å². The number of nitrogens with zero attached hydrogens (tertiary/aromatic N) is 2. The van der Waals surface area contributed by atoms with Crippen LogP contribution < -0.4 is 5.56 Å². The van der Waals surface area contributed by atoms with Gasteiger partial charge in [0.1, 0.15) is 9.09 Å². The summed E-state index contributed by atoms with van der Waals surface area (Å²) < 4.78 is 0.715. The average Bonchev–Trinajstić information content (AvgIpc) is 2.34. The molecule has 0 radical (unpaired) electrons. The predicted molar refractivity (Wildman–Crippen MR) is 47.2 cm³/mol. The van der Waals surface area contributed by atoms with E-state index in [1.54, 1.807) is 0 Å². The second-order valence-corrected chi connectivity index (χ2v) is 3.05. The molecule has 2 N–H and O–H groups in total. The average molecular weight is 262 g/mol. The lowest BCUT2D eigenvalue weighted by molar-refractivity contribution is 1.07. The lowest BCUT2D eigenvalue weighted by Gasteiger charge is -1.83. The van der Waals surface area contributed by atoms with E-state index in [2.05, 4.69) is 20.2 Å². The molecule has 0 spiro atoms. The van der Waals surface area contributed by atoms with Crippen molar-refractivity contribution < 1.29 is 0 Å². The van der Waals surface area contributed by atoms with E-state index >= 15 is 0 Å². The first kappa shape index (κ1) is 6.77. The Hall–Kier alpha value is -0.920. The van der Waals surface area contributed by atoms with Gasteiger partial charge in [0, 0.05) is 0 Å². The van der Waals surface area contributed by atoms with Crippen molar-refractivity contribution >= 4 is 33.6 Å². The molecule has 2 aromatic rings. The summed E-state index contributed by atoms with van der Waals surface area (Å²) in [5, 5.41) is 7.01. The van der Waals surface area contributed by atoms with Crippen molar-refractivity contribution in [3.05, 3.63) is 20.4 Å². The Bertz CT molecular complexity index is 445. The monoisotopic (exact) mass is 262 g/mol. The molecule has 2 rings (SSSR count). The number of nitrogens with one attached hydrogen (secondary N) is 2. The number of aromatic nitrogens is 4. The molecule has 0 amide bonds. The second-order valence-electron chi connectivity index (χ2n) is 1.97. The summed E-state index contributed by atoms with van der Waals surface area (Å²) in [5.41, 5.74) is 0.298. The Morgan fingerprint density at radius 2 is 2.36 bits per heavy atom. The Kier molecular flexibility index (Phi) is 1.41. The minimum atomic E-state index is -0.159. The molecular weight excluding hydrogens is 259 g/mol. The van der Waals surface area contributed by atoms with Gasteiger partial charge in [-0.2, -0.15) is 5.10 Å². The maximum absolute atomic E-state index is 11.1. The van der Waals surface area contributed by atoms with Crippen molar-refractivity contribution in [2.24, 2.45) is 0 Å². The van der Waals surface area contributed by atoms with Crippen LogP contribution in [-0.2, 0) is 0 Å². The lowest BCUT2D eigenvalue weighted by Crippen LogP contribution is -2.05. The fraction of sp³-hybridized carbons (Fsp3) is 0. The summed E-state index contributed by atoms with van der Waals surface area (Å²) in [6, 6.07) is 0. The van der Waals surface area contributed by atoms with E-state index in [9.17, 15) is 4.79 Å². The largest absolute Gasteiger partial charge is 0.312 e. The Balaban J connectivity index is 3.08. The SMILES string of the molecule is O=c1[nH]cnc2n[nH]c(I)c12. The first-order valence-corrected chi connectivity index (χ1v) is 3.94. The highest BCUT2D eigenvalue weighted by Crippen LogP contribution is 2.08. The number of H-pyrrole nitrogens is 2. The zero-order chi connectivity index (χ0) is 7.84. The van der Waals surface area contributed by atoms with Crippen LogP contribution in [0.25, 0.3) is 11.0 Å². The molecule has 2 aromatic heterocycles. The molecular formula is C5H3IN4O. The second kappa shape index (κ2) is 2.29. The number of aromatic amines is 2. The number of halogens is 1.